The first kappa shape index (κ1) is 12.1. The van der Waals surface area contributed by atoms with Crippen molar-refractivity contribution >= 4 is 22.6 Å². The van der Waals surface area contributed by atoms with E-state index in [0.717, 1.165) is 16.8 Å². The van der Waals surface area contributed by atoms with Crippen LogP contribution in [0, 0.1) is 3.70 Å². The first-order valence-corrected chi connectivity index (χ1v) is 5.44. The van der Waals surface area contributed by atoms with Gasteiger partial charge in [0.2, 0.25) is 5.69 Å². The van der Waals surface area contributed by atoms with Crippen molar-refractivity contribution in [3.8, 4) is 5.69 Å². The normalized spacial score (nSPS) is 11.8. The molecular formula is C9H5F3IN2O2+. The molecule has 1 aromatic carbocycles. The number of hydrogen-bond donors (Lipinski definition) is 1. The van der Waals surface area contributed by atoms with Gasteiger partial charge in [-0.1, -0.05) is 6.07 Å². The van der Waals surface area contributed by atoms with Crippen molar-refractivity contribution in [1.29, 1.82) is 0 Å². The fraction of sp³-hybridized carbons (Fsp3) is 0.111. The summed E-state index contributed by atoms with van der Waals surface area (Å²) in [4.78, 5) is 11.0. The number of benzene rings is 1. The number of nitrogens with one attached hydrogen (secondary N) is 1. The van der Waals surface area contributed by atoms with E-state index in [9.17, 15) is 18.0 Å². The van der Waals surface area contributed by atoms with Crippen LogP contribution in [-0.2, 0) is 6.18 Å². The summed E-state index contributed by atoms with van der Waals surface area (Å²) in [5.74, 6) is 0. The molecule has 4 nitrogen and oxygen atoms in total. The van der Waals surface area contributed by atoms with Crippen LogP contribution in [0.4, 0.5) is 13.2 Å². The molecule has 1 aromatic heterocycles. The molecule has 0 saturated carbocycles. The Balaban J connectivity index is 2.54. The molecule has 0 aliphatic rings. The average molecular weight is 357 g/mol. The van der Waals surface area contributed by atoms with Gasteiger partial charge in [-0.2, -0.15) is 13.2 Å². The van der Waals surface area contributed by atoms with E-state index in [1.54, 1.807) is 22.6 Å². The molecule has 2 rings (SSSR count). The SMILES string of the molecule is O=c1o[nH][n+](-c2cccc(C(F)(F)F)c2)c1I. The second-order valence-corrected chi connectivity index (χ2v) is 4.18. The predicted octanol–water partition coefficient (Wildman–Crippen LogP) is 1.87. The average Bonchev–Trinajstić information content (AvgIpc) is 2.59. The molecule has 17 heavy (non-hydrogen) atoms. The standard InChI is InChI=1S/C9H4F3IN2O2/c10-9(11,12)5-2-1-3-6(4-5)15-7(13)8(16)17-14-15/h1-4H/p+1. The smallest absolute Gasteiger partial charge is 0.282 e. The van der Waals surface area contributed by atoms with E-state index in [4.69, 9.17) is 0 Å². The van der Waals surface area contributed by atoms with Gasteiger partial charge in [0, 0.05) is 34.7 Å². The summed E-state index contributed by atoms with van der Waals surface area (Å²) in [6, 6.07) is 4.57. The molecule has 0 atom stereocenters. The second kappa shape index (κ2) is 4.17. The fourth-order valence-electron chi connectivity index (χ4n) is 1.25. The molecule has 0 radical (unpaired) electrons. The molecule has 0 fully saturated rings. The quantitative estimate of drug-likeness (QED) is 0.626. The number of nitrogens with zero attached hydrogens (tertiary/aromatic N) is 1. The molecule has 90 valence electrons. The molecular weight excluding hydrogens is 352 g/mol. The molecule has 0 amide bonds. The third-order valence-electron chi connectivity index (χ3n) is 2.03. The Morgan fingerprint density at radius 2 is 2.06 bits per heavy atom. The highest BCUT2D eigenvalue weighted by molar-refractivity contribution is 14.1. The number of alkyl halides is 3. The first-order chi connectivity index (χ1) is 7.89. The van der Waals surface area contributed by atoms with Gasteiger partial charge < -0.3 is 0 Å². The van der Waals surface area contributed by atoms with Crippen LogP contribution in [0.2, 0.25) is 0 Å². The minimum Gasteiger partial charge on any atom is -0.282 e. The van der Waals surface area contributed by atoms with Gasteiger partial charge in [0.1, 0.15) is 0 Å². The van der Waals surface area contributed by atoms with Crippen molar-refractivity contribution in [3.63, 3.8) is 0 Å². The van der Waals surface area contributed by atoms with Gasteiger partial charge in [0.25, 0.3) is 0 Å². The number of H-pyrrole nitrogens is 1. The monoisotopic (exact) mass is 357 g/mol. The molecule has 0 saturated heterocycles. The highest BCUT2D eigenvalue weighted by atomic mass is 127. The Morgan fingerprint density at radius 3 is 2.59 bits per heavy atom. The van der Waals surface area contributed by atoms with Crippen LogP contribution in [0.3, 0.4) is 0 Å². The van der Waals surface area contributed by atoms with E-state index in [1.807, 2.05) is 0 Å². The van der Waals surface area contributed by atoms with Crippen LogP contribution >= 0.6 is 22.6 Å². The van der Waals surface area contributed by atoms with Crippen LogP contribution in [0.1, 0.15) is 5.56 Å². The first-order valence-electron chi connectivity index (χ1n) is 4.36. The van der Waals surface area contributed by atoms with Crippen molar-refractivity contribution < 1.29 is 22.4 Å². The molecule has 8 heteroatoms. The summed E-state index contributed by atoms with van der Waals surface area (Å²) < 4.78 is 43.2. The van der Waals surface area contributed by atoms with Crippen LogP contribution in [-0.4, -0.2) is 5.27 Å². The zero-order valence-electron chi connectivity index (χ0n) is 8.08. The van der Waals surface area contributed by atoms with Crippen LogP contribution in [0.5, 0.6) is 0 Å². The largest absolute Gasteiger partial charge is 0.441 e. The summed E-state index contributed by atoms with van der Waals surface area (Å²) in [6.07, 6.45) is -4.42. The van der Waals surface area contributed by atoms with Crippen molar-refractivity contribution in [1.82, 2.24) is 5.27 Å². The lowest BCUT2D eigenvalue weighted by molar-refractivity contribution is -0.682. The summed E-state index contributed by atoms with van der Waals surface area (Å²) in [5, 5.41) is 2.22. The summed E-state index contributed by atoms with van der Waals surface area (Å²) in [7, 11) is 0. The van der Waals surface area contributed by atoms with Gasteiger partial charge >= 0.3 is 15.5 Å². The maximum atomic E-state index is 12.5. The molecule has 1 heterocycles. The molecule has 0 spiro atoms. The number of aromatic nitrogens is 2. The minimum absolute atomic E-state index is 0.141. The number of aromatic amines is 1. The molecule has 0 bridgehead atoms. The fourth-order valence-corrected chi connectivity index (χ4v) is 1.74. The van der Waals surface area contributed by atoms with Crippen molar-refractivity contribution in [3.05, 3.63) is 43.9 Å². The second-order valence-electron chi connectivity index (χ2n) is 3.16. The Bertz CT molecular complexity index is 603. The Kier molecular flexibility index (Phi) is 2.98. The van der Waals surface area contributed by atoms with Gasteiger partial charge in [-0.05, 0) is 16.0 Å². The van der Waals surface area contributed by atoms with E-state index in [1.165, 1.54) is 12.1 Å². The van der Waals surface area contributed by atoms with Gasteiger partial charge in [-0.25, -0.2) is 4.79 Å². The number of halogens is 4. The zero-order valence-corrected chi connectivity index (χ0v) is 10.2. The highest BCUT2D eigenvalue weighted by Gasteiger charge is 2.32. The topological polar surface area (TPSA) is 49.9 Å². The summed E-state index contributed by atoms with van der Waals surface area (Å²) in [5.41, 5.74) is -1.25. The van der Waals surface area contributed by atoms with Crippen molar-refractivity contribution in [2.75, 3.05) is 0 Å². The number of rotatable bonds is 1. The predicted molar refractivity (Wildman–Crippen MR) is 58.6 cm³/mol. The molecule has 2 aromatic rings. The lowest BCUT2D eigenvalue weighted by Gasteiger charge is -2.04. The van der Waals surface area contributed by atoms with E-state index in [2.05, 4.69) is 9.79 Å². The van der Waals surface area contributed by atoms with Gasteiger partial charge in [-0.15, -0.1) is 0 Å². The number of hydrogen-bond acceptors (Lipinski definition) is 2. The third kappa shape index (κ3) is 2.35. The molecule has 0 aliphatic carbocycles. The molecule has 0 unspecified atom stereocenters. The van der Waals surface area contributed by atoms with Crippen LogP contribution in [0.15, 0.2) is 33.6 Å². The minimum atomic E-state index is -4.42. The summed E-state index contributed by atoms with van der Waals surface area (Å²) >= 11 is 1.68. The Labute approximate surface area is 106 Å². The zero-order chi connectivity index (χ0) is 12.6. The van der Waals surface area contributed by atoms with Gasteiger partial charge in [0.15, 0.2) is 0 Å². The van der Waals surface area contributed by atoms with Gasteiger partial charge in [0.05, 0.1) is 5.56 Å². The Hall–Kier alpha value is -1.32. The molecule has 0 aliphatic heterocycles. The van der Waals surface area contributed by atoms with E-state index < -0.39 is 17.4 Å². The Morgan fingerprint density at radius 1 is 1.35 bits per heavy atom. The van der Waals surface area contributed by atoms with E-state index >= 15 is 0 Å². The van der Waals surface area contributed by atoms with E-state index in [-0.39, 0.29) is 9.39 Å². The van der Waals surface area contributed by atoms with Gasteiger partial charge in [-0.3, -0.25) is 4.52 Å². The lowest BCUT2D eigenvalue weighted by Crippen LogP contribution is -2.37. The van der Waals surface area contributed by atoms with Crippen LogP contribution in [0.25, 0.3) is 5.69 Å². The van der Waals surface area contributed by atoms with Crippen molar-refractivity contribution in [2.24, 2.45) is 0 Å². The van der Waals surface area contributed by atoms with Crippen LogP contribution < -0.4 is 10.3 Å². The maximum absolute atomic E-state index is 12.5. The third-order valence-corrected chi connectivity index (χ3v) is 2.95. The highest BCUT2D eigenvalue weighted by Crippen LogP contribution is 2.29. The lowest BCUT2D eigenvalue weighted by atomic mass is 10.2. The van der Waals surface area contributed by atoms with E-state index in [0.29, 0.717) is 0 Å². The molecule has 1 N–H and O–H groups in total. The summed E-state index contributed by atoms with van der Waals surface area (Å²) in [6.45, 7) is 0. The van der Waals surface area contributed by atoms with Crippen molar-refractivity contribution in [2.45, 2.75) is 6.18 Å². The maximum Gasteiger partial charge on any atom is 0.441 e.